The van der Waals surface area contributed by atoms with Crippen LogP contribution in [0.2, 0.25) is 0 Å². The Kier molecular flexibility index (Phi) is 6.12. The number of imide groups is 1. The summed E-state index contributed by atoms with van der Waals surface area (Å²) >= 11 is 0. The highest BCUT2D eigenvalue weighted by Gasteiger charge is 2.31. The van der Waals surface area contributed by atoms with Crippen molar-refractivity contribution in [2.45, 2.75) is 59.3 Å². The molecule has 0 unspecified atom stereocenters. The number of amidine groups is 1. The Bertz CT molecular complexity index is 614. The van der Waals surface area contributed by atoms with Gasteiger partial charge in [-0.15, -0.1) is 0 Å². The maximum Gasteiger partial charge on any atom is 0.420 e. The summed E-state index contributed by atoms with van der Waals surface area (Å²) in [7, 11) is 0. The number of ether oxygens (including phenoxy) is 2. The van der Waals surface area contributed by atoms with Gasteiger partial charge in [0.2, 0.25) is 0 Å². The zero-order chi connectivity index (χ0) is 19.4. The molecule has 1 aromatic rings. The predicted octanol–water partition coefficient (Wildman–Crippen LogP) is 3.04. The van der Waals surface area contributed by atoms with Crippen molar-refractivity contribution in [2.24, 2.45) is 5.73 Å². The number of nitrogens with two attached hydrogens (primary N) is 1. The van der Waals surface area contributed by atoms with Gasteiger partial charge < -0.3 is 15.2 Å². The lowest BCUT2D eigenvalue weighted by Crippen LogP contribution is -2.43. The third-order valence-corrected chi connectivity index (χ3v) is 2.68. The number of pyridine rings is 1. The maximum atomic E-state index is 12.4. The third kappa shape index (κ3) is 7.19. The van der Waals surface area contributed by atoms with Crippen molar-refractivity contribution in [3.05, 3.63) is 29.6 Å². The Labute approximate surface area is 147 Å². The highest BCUT2D eigenvalue weighted by molar-refractivity contribution is 5.94. The predicted molar refractivity (Wildman–Crippen MR) is 93.3 cm³/mol. The molecule has 0 aliphatic heterocycles. The second-order valence-corrected chi connectivity index (χ2v) is 7.50. The third-order valence-electron chi connectivity index (χ3n) is 2.68. The van der Waals surface area contributed by atoms with Crippen LogP contribution in [0, 0.1) is 5.41 Å². The first kappa shape index (κ1) is 20.4. The molecule has 1 heterocycles. The zero-order valence-corrected chi connectivity index (χ0v) is 15.5. The van der Waals surface area contributed by atoms with Gasteiger partial charge in [-0.25, -0.2) is 14.5 Å². The molecule has 3 N–H and O–H groups in total. The normalized spacial score (nSPS) is 11.6. The van der Waals surface area contributed by atoms with E-state index in [4.69, 9.17) is 20.6 Å². The van der Waals surface area contributed by atoms with Crippen LogP contribution in [0.3, 0.4) is 0 Å². The van der Waals surface area contributed by atoms with E-state index >= 15 is 0 Å². The Balaban J connectivity index is 3.02. The molecular formula is C17H26N4O4. The number of hydrogen-bond donors (Lipinski definition) is 2. The van der Waals surface area contributed by atoms with Gasteiger partial charge in [-0.05, 0) is 53.7 Å². The molecular weight excluding hydrogens is 324 g/mol. The van der Waals surface area contributed by atoms with Crippen molar-refractivity contribution < 1.29 is 19.1 Å². The van der Waals surface area contributed by atoms with E-state index in [1.807, 2.05) is 0 Å². The molecule has 0 aromatic carbocycles. The molecule has 8 nitrogen and oxygen atoms in total. The van der Waals surface area contributed by atoms with E-state index in [1.54, 1.807) is 53.7 Å². The largest absolute Gasteiger partial charge is 0.443 e. The highest BCUT2D eigenvalue weighted by atomic mass is 16.6. The topological polar surface area (TPSA) is 119 Å². The zero-order valence-electron chi connectivity index (χ0n) is 15.5. The molecule has 1 rings (SSSR count). The first-order valence-corrected chi connectivity index (χ1v) is 7.81. The number of nitrogens with zero attached hydrogens (tertiary/aromatic N) is 2. The number of nitrogens with one attached hydrogen (secondary N) is 1. The lowest BCUT2D eigenvalue weighted by molar-refractivity contribution is -0.000476. The minimum absolute atomic E-state index is 0.116. The minimum atomic E-state index is -0.820. The Morgan fingerprint density at radius 2 is 1.56 bits per heavy atom. The number of rotatable bonds is 3. The van der Waals surface area contributed by atoms with Crippen molar-refractivity contribution in [1.29, 1.82) is 5.41 Å². The van der Waals surface area contributed by atoms with Gasteiger partial charge >= 0.3 is 12.2 Å². The van der Waals surface area contributed by atoms with E-state index in [2.05, 4.69) is 4.98 Å². The van der Waals surface area contributed by atoms with Gasteiger partial charge in [-0.1, -0.05) is 0 Å². The monoisotopic (exact) mass is 350 g/mol. The van der Waals surface area contributed by atoms with E-state index in [-0.39, 0.29) is 12.4 Å². The van der Waals surface area contributed by atoms with E-state index in [0.717, 1.165) is 4.90 Å². The molecule has 0 aliphatic rings. The summed E-state index contributed by atoms with van der Waals surface area (Å²) in [6, 6.07) is 3.17. The second-order valence-electron chi connectivity index (χ2n) is 7.50. The first-order valence-electron chi connectivity index (χ1n) is 7.81. The minimum Gasteiger partial charge on any atom is -0.443 e. The first-order chi connectivity index (χ1) is 11.3. The molecule has 8 heteroatoms. The molecule has 2 amide bonds. The molecule has 1 aromatic heterocycles. The summed E-state index contributed by atoms with van der Waals surface area (Å²) in [6.07, 6.45) is -0.238. The summed E-state index contributed by atoms with van der Waals surface area (Å²) in [5.74, 6) is -0.116. The number of aromatic nitrogens is 1. The van der Waals surface area contributed by atoms with Gasteiger partial charge in [0, 0.05) is 11.8 Å². The molecule has 25 heavy (non-hydrogen) atoms. The van der Waals surface area contributed by atoms with Crippen LogP contribution in [0.4, 0.5) is 9.59 Å². The smallest absolute Gasteiger partial charge is 0.420 e. The summed E-state index contributed by atoms with van der Waals surface area (Å²) in [5.41, 5.74) is 4.74. The van der Waals surface area contributed by atoms with Crippen LogP contribution < -0.4 is 5.73 Å². The molecule has 0 saturated heterocycles. The number of amides is 2. The summed E-state index contributed by atoms with van der Waals surface area (Å²) in [5, 5.41) is 7.36. The van der Waals surface area contributed by atoms with E-state index < -0.39 is 23.4 Å². The molecule has 0 fully saturated rings. The van der Waals surface area contributed by atoms with Gasteiger partial charge in [0.15, 0.2) is 0 Å². The molecule has 0 spiro atoms. The van der Waals surface area contributed by atoms with Crippen LogP contribution >= 0.6 is 0 Å². The van der Waals surface area contributed by atoms with E-state index in [0.29, 0.717) is 11.3 Å². The van der Waals surface area contributed by atoms with Crippen LogP contribution in [0.1, 0.15) is 52.8 Å². The van der Waals surface area contributed by atoms with Crippen LogP contribution in [0.15, 0.2) is 18.3 Å². The molecule has 0 atom stereocenters. The van der Waals surface area contributed by atoms with Crippen molar-refractivity contribution in [1.82, 2.24) is 9.88 Å². The van der Waals surface area contributed by atoms with Crippen molar-refractivity contribution in [2.75, 3.05) is 0 Å². The lowest BCUT2D eigenvalue weighted by atomic mass is 10.2. The van der Waals surface area contributed by atoms with Gasteiger partial charge in [0.25, 0.3) is 0 Å². The van der Waals surface area contributed by atoms with Gasteiger partial charge in [-0.2, -0.15) is 0 Å². The number of carbonyl (C=O) groups is 2. The molecule has 0 bridgehead atoms. The van der Waals surface area contributed by atoms with Crippen molar-refractivity contribution in [3.63, 3.8) is 0 Å². The summed E-state index contributed by atoms with van der Waals surface area (Å²) in [4.78, 5) is 29.7. The van der Waals surface area contributed by atoms with Crippen molar-refractivity contribution >= 4 is 18.0 Å². The summed E-state index contributed by atoms with van der Waals surface area (Å²) in [6.45, 7) is 10.1. The molecule has 138 valence electrons. The van der Waals surface area contributed by atoms with E-state index in [1.165, 1.54) is 6.20 Å². The standard InChI is InChI=1S/C17H26N4O4/c1-16(2,3)24-14(22)21(15(23)25-17(4,5)6)10-12-8-7-11(9-20-12)13(18)19/h7-9H,10H2,1-6H3,(H3,18,19). The van der Waals surface area contributed by atoms with E-state index in [9.17, 15) is 9.59 Å². The van der Waals surface area contributed by atoms with Gasteiger partial charge in [0.1, 0.15) is 17.0 Å². The Morgan fingerprint density at radius 3 is 1.88 bits per heavy atom. The maximum absolute atomic E-state index is 12.4. The SMILES string of the molecule is CC(C)(C)OC(=O)N(Cc1ccc(C(=N)N)cn1)C(=O)OC(C)(C)C. The number of carbonyl (C=O) groups excluding carboxylic acids is 2. The molecule has 0 aliphatic carbocycles. The fourth-order valence-electron chi connectivity index (χ4n) is 1.68. The molecule has 0 saturated carbocycles. The highest BCUT2D eigenvalue weighted by Crippen LogP contribution is 2.16. The quantitative estimate of drug-likeness (QED) is 0.639. The van der Waals surface area contributed by atoms with Crippen molar-refractivity contribution in [3.8, 4) is 0 Å². The fourth-order valence-corrected chi connectivity index (χ4v) is 1.68. The molecule has 0 radical (unpaired) electrons. The second kappa shape index (κ2) is 7.50. The fraction of sp³-hybridized carbons (Fsp3) is 0.529. The Morgan fingerprint density at radius 1 is 1.08 bits per heavy atom. The van der Waals surface area contributed by atoms with Crippen LogP contribution in [0.5, 0.6) is 0 Å². The van der Waals surface area contributed by atoms with Crippen LogP contribution in [-0.2, 0) is 16.0 Å². The van der Waals surface area contributed by atoms with Gasteiger partial charge in [0.05, 0.1) is 12.2 Å². The Hall–Kier alpha value is -2.64. The van der Waals surface area contributed by atoms with Crippen LogP contribution in [0.25, 0.3) is 0 Å². The number of nitrogen functional groups attached to an aromatic ring is 1. The summed E-state index contributed by atoms with van der Waals surface area (Å²) < 4.78 is 10.5. The van der Waals surface area contributed by atoms with Gasteiger partial charge in [-0.3, -0.25) is 10.4 Å². The van der Waals surface area contributed by atoms with Crippen LogP contribution in [-0.4, -0.2) is 39.1 Å². The number of hydrogen-bond acceptors (Lipinski definition) is 6. The average Bonchev–Trinajstić information content (AvgIpc) is 2.41. The lowest BCUT2D eigenvalue weighted by Gasteiger charge is -2.28. The average molecular weight is 350 g/mol.